The van der Waals surface area contributed by atoms with E-state index in [0.29, 0.717) is 17.1 Å². The lowest BCUT2D eigenvalue weighted by Crippen LogP contribution is -2.15. The van der Waals surface area contributed by atoms with E-state index in [4.69, 9.17) is 24.1 Å². The first-order chi connectivity index (χ1) is 14.0. The summed E-state index contributed by atoms with van der Waals surface area (Å²) in [4.78, 5) is 11.9. The molecule has 0 amide bonds. The molecule has 148 valence electrons. The highest BCUT2D eigenvalue weighted by Gasteiger charge is 2.19. The maximum absolute atomic E-state index is 11.9. The lowest BCUT2D eigenvalue weighted by atomic mass is 9.91. The van der Waals surface area contributed by atoms with Crippen LogP contribution in [0.5, 0.6) is 11.5 Å². The molecule has 4 rings (SSSR count). The van der Waals surface area contributed by atoms with Crippen LogP contribution in [0.25, 0.3) is 33.4 Å². The fraction of sp³-hybridized carbons (Fsp3) is 0.174. The van der Waals surface area contributed by atoms with Crippen molar-refractivity contribution < 1.29 is 24.1 Å². The Balaban J connectivity index is 1.99. The molecule has 0 unspecified atom stereocenters. The van der Waals surface area contributed by atoms with E-state index in [-0.39, 0.29) is 12.0 Å². The van der Waals surface area contributed by atoms with Gasteiger partial charge in [0.1, 0.15) is 29.4 Å². The highest BCUT2D eigenvalue weighted by molar-refractivity contribution is 6.02. The number of aliphatic hydroxyl groups excluding tert-OH is 1. The second kappa shape index (κ2) is 7.58. The molecule has 0 saturated carbocycles. The van der Waals surface area contributed by atoms with Gasteiger partial charge in [-0.05, 0) is 54.4 Å². The zero-order valence-electron chi connectivity index (χ0n) is 16.0. The van der Waals surface area contributed by atoms with Crippen molar-refractivity contribution in [1.82, 2.24) is 0 Å². The first-order valence-electron chi connectivity index (χ1n) is 9.11. The average Bonchev–Trinajstić information content (AvgIpc) is 2.70. The SMILES string of the molecule is COc1ccc(-c2c3ccc(=O)cc-3oc3cc(OCC(O)O)ccc23)c(C)c1. The number of rotatable bonds is 5. The highest BCUT2D eigenvalue weighted by atomic mass is 16.5. The Morgan fingerprint density at radius 1 is 0.966 bits per heavy atom. The Bertz CT molecular complexity index is 1210. The minimum Gasteiger partial charge on any atom is -0.497 e. The molecule has 0 saturated heterocycles. The summed E-state index contributed by atoms with van der Waals surface area (Å²) in [5, 5.41) is 18.9. The van der Waals surface area contributed by atoms with Crippen molar-refractivity contribution >= 4 is 11.0 Å². The van der Waals surface area contributed by atoms with Crippen LogP contribution in [0.1, 0.15) is 5.56 Å². The van der Waals surface area contributed by atoms with E-state index < -0.39 is 6.29 Å². The van der Waals surface area contributed by atoms with Gasteiger partial charge in [-0.3, -0.25) is 4.79 Å². The lowest BCUT2D eigenvalue weighted by molar-refractivity contribution is -0.0680. The van der Waals surface area contributed by atoms with E-state index in [2.05, 4.69) is 0 Å². The number of aliphatic hydroxyl groups is 2. The van der Waals surface area contributed by atoms with Gasteiger partial charge < -0.3 is 24.1 Å². The van der Waals surface area contributed by atoms with Crippen molar-refractivity contribution in [3.05, 3.63) is 70.4 Å². The van der Waals surface area contributed by atoms with Crippen LogP contribution in [-0.2, 0) is 0 Å². The van der Waals surface area contributed by atoms with E-state index in [1.165, 1.54) is 12.1 Å². The Morgan fingerprint density at radius 3 is 2.45 bits per heavy atom. The van der Waals surface area contributed by atoms with Crippen molar-refractivity contribution in [1.29, 1.82) is 0 Å². The number of benzene rings is 3. The van der Waals surface area contributed by atoms with Crippen LogP contribution in [0, 0.1) is 6.92 Å². The summed E-state index contributed by atoms with van der Waals surface area (Å²) < 4.78 is 16.7. The molecule has 1 aliphatic carbocycles. The second-order valence-electron chi connectivity index (χ2n) is 6.77. The molecular weight excluding hydrogens is 372 g/mol. The van der Waals surface area contributed by atoms with Gasteiger partial charge in [-0.25, -0.2) is 0 Å². The summed E-state index contributed by atoms with van der Waals surface area (Å²) in [5.74, 6) is 1.67. The molecular formula is C23H20O6. The molecule has 0 aromatic heterocycles. The topological polar surface area (TPSA) is 89.1 Å². The van der Waals surface area contributed by atoms with Gasteiger partial charge in [0.15, 0.2) is 11.7 Å². The van der Waals surface area contributed by atoms with Crippen molar-refractivity contribution in [2.75, 3.05) is 13.7 Å². The minimum atomic E-state index is -1.57. The predicted molar refractivity (Wildman–Crippen MR) is 110 cm³/mol. The Morgan fingerprint density at radius 2 is 1.72 bits per heavy atom. The van der Waals surface area contributed by atoms with Gasteiger partial charge in [0, 0.05) is 28.6 Å². The molecule has 1 heterocycles. The van der Waals surface area contributed by atoms with E-state index in [1.807, 2.05) is 31.2 Å². The molecule has 2 aromatic rings. The van der Waals surface area contributed by atoms with Crippen LogP contribution < -0.4 is 14.9 Å². The fourth-order valence-corrected chi connectivity index (χ4v) is 3.45. The van der Waals surface area contributed by atoms with Crippen molar-refractivity contribution in [2.24, 2.45) is 0 Å². The normalized spacial score (nSPS) is 11.3. The molecule has 0 radical (unpaired) electrons. The molecule has 0 atom stereocenters. The fourth-order valence-electron chi connectivity index (χ4n) is 3.45. The van der Waals surface area contributed by atoms with Crippen molar-refractivity contribution in [3.8, 4) is 33.9 Å². The third-order valence-corrected chi connectivity index (χ3v) is 4.77. The number of ether oxygens (including phenoxy) is 2. The highest BCUT2D eigenvalue weighted by Crippen LogP contribution is 2.42. The third kappa shape index (κ3) is 3.68. The summed E-state index contributed by atoms with van der Waals surface area (Å²) in [6, 6.07) is 15.9. The molecule has 0 spiro atoms. The first-order valence-corrected chi connectivity index (χ1v) is 9.11. The third-order valence-electron chi connectivity index (χ3n) is 4.77. The number of hydrogen-bond acceptors (Lipinski definition) is 6. The lowest BCUT2D eigenvalue weighted by Gasteiger charge is -2.17. The Kier molecular flexibility index (Phi) is 4.96. The monoisotopic (exact) mass is 392 g/mol. The predicted octanol–water partition coefficient (Wildman–Crippen LogP) is 3.57. The second-order valence-corrected chi connectivity index (χ2v) is 6.77. The molecule has 0 fully saturated rings. The molecule has 1 aliphatic heterocycles. The number of hydrogen-bond donors (Lipinski definition) is 2. The zero-order valence-corrected chi connectivity index (χ0v) is 16.0. The summed E-state index contributed by atoms with van der Waals surface area (Å²) in [6.45, 7) is 1.75. The molecule has 2 N–H and O–H groups in total. The van der Waals surface area contributed by atoms with Crippen molar-refractivity contribution in [3.63, 3.8) is 0 Å². The van der Waals surface area contributed by atoms with Gasteiger partial charge in [0.05, 0.1) is 7.11 Å². The standard InChI is InChI=1S/C23H20O6/c1-13-9-15(27-2)4-7-17(13)23-18-6-3-14(24)10-20(18)29-21-11-16(5-8-19(21)23)28-12-22(25)26/h3-11,22,25-26H,12H2,1-2H3. The average molecular weight is 392 g/mol. The van der Waals surface area contributed by atoms with Gasteiger partial charge in [-0.15, -0.1) is 0 Å². The minimum absolute atomic E-state index is 0.145. The first kappa shape index (κ1) is 19.0. The van der Waals surface area contributed by atoms with Crippen LogP contribution in [0.2, 0.25) is 0 Å². The van der Waals surface area contributed by atoms with E-state index >= 15 is 0 Å². The van der Waals surface area contributed by atoms with Gasteiger partial charge in [-0.1, -0.05) is 6.07 Å². The van der Waals surface area contributed by atoms with Crippen molar-refractivity contribution in [2.45, 2.75) is 13.2 Å². The molecule has 6 heteroatoms. The molecule has 2 aromatic carbocycles. The van der Waals surface area contributed by atoms with E-state index in [9.17, 15) is 4.79 Å². The Hall–Kier alpha value is -3.35. The smallest absolute Gasteiger partial charge is 0.186 e. The van der Waals surface area contributed by atoms with Gasteiger partial charge in [0.2, 0.25) is 0 Å². The number of methoxy groups -OCH3 is 1. The van der Waals surface area contributed by atoms with Gasteiger partial charge >= 0.3 is 0 Å². The largest absolute Gasteiger partial charge is 0.497 e. The van der Waals surface area contributed by atoms with Gasteiger partial charge in [0.25, 0.3) is 0 Å². The molecule has 29 heavy (non-hydrogen) atoms. The maximum Gasteiger partial charge on any atom is 0.186 e. The molecule has 0 bridgehead atoms. The van der Waals surface area contributed by atoms with Gasteiger partial charge in [-0.2, -0.15) is 0 Å². The summed E-state index contributed by atoms with van der Waals surface area (Å²) >= 11 is 0. The molecule has 2 aliphatic rings. The van der Waals surface area contributed by atoms with E-state index in [0.717, 1.165) is 33.4 Å². The zero-order chi connectivity index (χ0) is 20.5. The Labute approximate surface area is 166 Å². The number of aryl methyl sites for hydroxylation is 1. The van der Waals surface area contributed by atoms with Crippen LogP contribution in [0.3, 0.4) is 0 Å². The quantitative estimate of drug-likeness (QED) is 0.399. The number of fused-ring (bicyclic) bond motifs is 2. The summed E-state index contributed by atoms with van der Waals surface area (Å²) in [5.41, 5.74) is 4.16. The molecule has 6 nitrogen and oxygen atoms in total. The van der Waals surface area contributed by atoms with Crippen LogP contribution in [-0.4, -0.2) is 30.2 Å². The van der Waals surface area contributed by atoms with E-state index in [1.54, 1.807) is 25.3 Å². The summed E-state index contributed by atoms with van der Waals surface area (Å²) in [6.07, 6.45) is -1.57. The van der Waals surface area contributed by atoms with Crippen LogP contribution in [0.4, 0.5) is 0 Å². The maximum atomic E-state index is 11.9. The summed E-state index contributed by atoms with van der Waals surface area (Å²) in [7, 11) is 1.63. The van der Waals surface area contributed by atoms with Crippen LogP contribution in [0.15, 0.2) is 63.8 Å². The van der Waals surface area contributed by atoms with Crippen LogP contribution >= 0.6 is 0 Å².